The van der Waals surface area contributed by atoms with E-state index in [2.05, 4.69) is 25.3 Å². The van der Waals surface area contributed by atoms with E-state index < -0.39 is 0 Å². The molecule has 1 aliphatic carbocycles. The van der Waals surface area contributed by atoms with Gasteiger partial charge in [0.1, 0.15) is 0 Å². The lowest BCUT2D eigenvalue weighted by Crippen LogP contribution is -2.26. The van der Waals surface area contributed by atoms with Crippen LogP contribution in [0.25, 0.3) is 0 Å². The summed E-state index contributed by atoms with van der Waals surface area (Å²) in [6.45, 7) is 2.12. The Morgan fingerprint density at radius 2 is 1.84 bits per heavy atom. The summed E-state index contributed by atoms with van der Waals surface area (Å²) in [5, 5.41) is 0. The minimum absolute atomic E-state index is 0.422. The third-order valence-corrected chi connectivity index (χ3v) is 4.15. The predicted molar refractivity (Wildman–Crippen MR) is 75.0 cm³/mol. The second kappa shape index (κ2) is 4.80. The molecule has 1 aromatic heterocycles. The van der Waals surface area contributed by atoms with Gasteiger partial charge in [-0.25, -0.2) is 5.84 Å². The number of anilines is 3. The Labute approximate surface area is 113 Å². The molecule has 19 heavy (non-hydrogen) atoms. The van der Waals surface area contributed by atoms with Crippen molar-refractivity contribution in [1.29, 1.82) is 0 Å². The summed E-state index contributed by atoms with van der Waals surface area (Å²) in [7, 11) is 3.83. The van der Waals surface area contributed by atoms with Crippen LogP contribution in [0.2, 0.25) is 0 Å². The van der Waals surface area contributed by atoms with Crippen molar-refractivity contribution in [2.45, 2.75) is 19.3 Å². The third-order valence-electron chi connectivity index (χ3n) is 4.15. The maximum atomic E-state index is 5.44. The Morgan fingerprint density at radius 1 is 1.16 bits per heavy atom. The lowest BCUT2D eigenvalue weighted by Gasteiger charge is -2.19. The van der Waals surface area contributed by atoms with Gasteiger partial charge >= 0.3 is 0 Å². The fourth-order valence-corrected chi connectivity index (χ4v) is 3.16. The van der Waals surface area contributed by atoms with Gasteiger partial charge in [-0.05, 0) is 24.7 Å². The highest BCUT2D eigenvalue weighted by atomic mass is 15.4. The van der Waals surface area contributed by atoms with Crippen LogP contribution in [0, 0.1) is 11.8 Å². The van der Waals surface area contributed by atoms with E-state index >= 15 is 0 Å². The Hall–Kier alpha value is -1.63. The van der Waals surface area contributed by atoms with Crippen LogP contribution in [0.5, 0.6) is 0 Å². The van der Waals surface area contributed by atoms with Crippen LogP contribution in [0.15, 0.2) is 0 Å². The fraction of sp³-hybridized carbons (Fsp3) is 0.750. The van der Waals surface area contributed by atoms with E-state index in [4.69, 9.17) is 5.84 Å². The Morgan fingerprint density at radius 3 is 2.42 bits per heavy atom. The SMILES string of the molecule is CN(C)c1nc(NN)nc(N2CC3CCCC3C2)n1. The van der Waals surface area contributed by atoms with Crippen LogP contribution in [-0.4, -0.2) is 42.1 Å². The Kier molecular flexibility index (Phi) is 3.14. The molecule has 2 unspecified atom stereocenters. The molecule has 0 spiro atoms. The molecule has 0 radical (unpaired) electrons. The van der Waals surface area contributed by atoms with Gasteiger partial charge in [0, 0.05) is 27.2 Å². The summed E-state index contributed by atoms with van der Waals surface area (Å²) < 4.78 is 0. The monoisotopic (exact) mass is 263 g/mol. The first-order chi connectivity index (χ1) is 9.17. The lowest BCUT2D eigenvalue weighted by atomic mass is 10.0. The number of rotatable bonds is 3. The van der Waals surface area contributed by atoms with Gasteiger partial charge in [-0.1, -0.05) is 6.42 Å². The number of nitrogens with zero attached hydrogens (tertiary/aromatic N) is 5. The highest BCUT2D eigenvalue weighted by molar-refractivity contribution is 5.45. The van der Waals surface area contributed by atoms with E-state index in [-0.39, 0.29) is 0 Å². The standard InChI is InChI=1S/C12H21N7/c1-18(2)11-14-10(17-13)15-12(16-11)19-6-8-4-3-5-9(8)7-19/h8-9H,3-7,13H2,1-2H3,(H,14,15,16,17). The van der Waals surface area contributed by atoms with Crippen molar-refractivity contribution in [2.75, 3.05) is 42.4 Å². The molecule has 104 valence electrons. The van der Waals surface area contributed by atoms with Crippen LogP contribution in [-0.2, 0) is 0 Å². The Balaban J connectivity index is 1.86. The van der Waals surface area contributed by atoms with Gasteiger partial charge in [-0.2, -0.15) is 15.0 Å². The topological polar surface area (TPSA) is 83.2 Å². The molecular weight excluding hydrogens is 242 g/mol. The molecule has 3 N–H and O–H groups in total. The second-order valence-corrected chi connectivity index (χ2v) is 5.65. The number of nitrogens with two attached hydrogens (primary N) is 1. The largest absolute Gasteiger partial charge is 0.347 e. The van der Waals surface area contributed by atoms with E-state index in [1.54, 1.807) is 0 Å². The van der Waals surface area contributed by atoms with Crippen LogP contribution in [0.3, 0.4) is 0 Å². The van der Waals surface area contributed by atoms with Gasteiger partial charge in [0.05, 0.1) is 0 Å². The molecule has 1 aromatic rings. The fourth-order valence-electron chi connectivity index (χ4n) is 3.16. The highest BCUT2D eigenvalue weighted by Gasteiger charge is 2.37. The van der Waals surface area contributed by atoms with E-state index in [9.17, 15) is 0 Å². The van der Waals surface area contributed by atoms with Crippen molar-refractivity contribution in [3.05, 3.63) is 0 Å². The average Bonchev–Trinajstić information content (AvgIpc) is 2.98. The zero-order valence-electron chi connectivity index (χ0n) is 11.5. The molecule has 1 saturated carbocycles. The smallest absolute Gasteiger partial charge is 0.243 e. The van der Waals surface area contributed by atoms with E-state index in [1.165, 1.54) is 19.3 Å². The van der Waals surface area contributed by atoms with Gasteiger partial charge in [0.2, 0.25) is 17.8 Å². The van der Waals surface area contributed by atoms with Crippen molar-refractivity contribution in [3.63, 3.8) is 0 Å². The number of nitrogen functional groups attached to an aromatic ring is 1. The van der Waals surface area contributed by atoms with E-state index in [0.717, 1.165) is 30.9 Å². The summed E-state index contributed by atoms with van der Waals surface area (Å²) in [6.07, 6.45) is 4.06. The molecule has 2 heterocycles. The summed E-state index contributed by atoms with van der Waals surface area (Å²) in [6, 6.07) is 0. The molecular formula is C12H21N7. The highest BCUT2D eigenvalue weighted by Crippen LogP contribution is 2.38. The summed E-state index contributed by atoms with van der Waals surface area (Å²) >= 11 is 0. The van der Waals surface area contributed by atoms with Gasteiger partial charge in [-0.3, -0.25) is 5.43 Å². The number of hydrogen-bond donors (Lipinski definition) is 2. The number of hydrogen-bond acceptors (Lipinski definition) is 7. The number of nitrogens with one attached hydrogen (secondary N) is 1. The summed E-state index contributed by atoms with van der Waals surface area (Å²) in [5.74, 6) is 8.86. The lowest BCUT2D eigenvalue weighted by molar-refractivity contribution is 0.494. The molecule has 1 saturated heterocycles. The zero-order chi connectivity index (χ0) is 13.4. The first-order valence-corrected chi connectivity index (χ1v) is 6.82. The van der Waals surface area contributed by atoms with Gasteiger partial charge in [0.15, 0.2) is 0 Å². The zero-order valence-corrected chi connectivity index (χ0v) is 11.5. The number of hydrazine groups is 1. The van der Waals surface area contributed by atoms with Crippen LogP contribution in [0.4, 0.5) is 17.8 Å². The number of fused-ring (bicyclic) bond motifs is 1. The van der Waals surface area contributed by atoms with Gasteiger partial charge < -0.3 is 9.80 Å². The van der Waals surface area contributed by atoms with Crippen molar-refractivity contribution in [1.82, 2.24) is 15.0 Å². The minimum Gasteiger partial charge on any atom is -0.347 e. The molecule has 7 nitrogen and oxygen atoms in total. The molecule has 0 aromatic carbocycles. The van der Waals surface area contributed by atoms with Gasteiger partial charge in [-0.15, -0.1) is 0 Å². The second-order valence-electron chi connectivity index (χ2n) is 5.65. The quantitative estimate of drug-likeness (QED) is 0.605. The first-order valence-electron chi connectivity index (χ1n) is 6.82. The maximum Gasteiger partial charge on any atom is 0.243 e. The normalized spacial score (nSPS) is 25.5. The number of aromatic nitrogens is 3. The van der Waals surface area contributed by atoms with Gasteiger partial charge in [0.25, 0.3) is 0 Å². The molecule has 2 aliphatic rings. The van der Waals surface area contributed by atoms with Crippen molar-refractivity contribution < 1.29 is 0 Å². The van der Waals surface area contributed by atoms with E-state index in [0.29, 0.717) is 11.9 Å². The van der Waals surface area contributed by atoms with Crippen molar-refractivity contribution in [2.24, 2.45) is 17.7 Å². The third kappa shape index (κ3) is 2.30. The molecule has 0 bridgehead atoms. The molecule has 1 aliphatic heterocycles. The molecule has 0 amide bonds. The van der Waals surface area contributed by atoms with Crippen LogP contribution >= 0.6 is 0 Å². The molecule has 2 atom stereocenters. The molecule has 2 fully saturated rings. The molecule has 7 heteroatoms. The average molecular weight is 263 g/mol. The first kappa shape index (κ1) is 12.4. The van der Waals surface area contributed by atoms with Crippen molar-refractivity contribution >= 4 is 17.8 Å². The summed E-state index contributed by atoms with van der Waals surface area (Å²) in [4.78, 5) is 17.3. The van der Waals surface area contributed by atoms with E-state index in [1.807, 2.05) is 19.0 Å². The Bertz CT molecular complexity index is 449. The predicted octanol–water partition coefficient (Wildman–Crippen LogP) is 0.459. The van der Waals surface area contributed by atoms with Crippen molar-refractivity contribution in [3.8, 4) is 0 Å². The molecule has 3 rings (SSSR count). The minimum atomic E-state index is 0.422. The van der Waals surface area contributed by atoms with Crippen LogP contribution in [0.1, 0.15) is 19.3 Å². The maximum absolute atomic E-state index is 5.44. The van der Waals surface area contributed by atoms with Crippen LogP contribution < -0.4 is 21.1 Å². The summed E-state index contributed by atoms with van der Waals surface area (Å²) in [5.41, 5.74) is 2.52.